The van der Waals surface area contributed by atoms with E-state index in [2.05, 4.69) is 17.1 Å². The van der Waals surface area contributed by atoms with Gasteiger partial charge >= 0.3 is 0 Å². The molecule has 0 atom stereocenters. The van der Waals surface area contributed by atoms with Gasteiger partial charge in [-0.15, -0.1) is 0 Å². The minimum absolute atomic E-state index is 0.00209. The van der Waals surface area contributed by atoms with Crippen molar-refractivity contribution in [1.29, 1.82) is 10.5 Å². The molecule has 0 saturated heterocycles. The van der Waals surface area contributed by atoms with E-state index in [0.29, 0.717) is 44.0 Å². The molecule has 0 bridgehead atoms. The van der Waals surface area contributed by atoms with E-state index in [1.165, 1.54) is 33.1 Å². The van der Waals surface area contributed by atoms with E-state index < -0.39 is 0 Å². The number of aromatic nitrogens is 1. The predicted molar refractivity (Wildman–Crippen MR) is 118 cm³/mol. The Balaban J connectivity index is 2.32. The highest BCUT2D eigenvalue weighted by Crippen LogP contribution is 2.45. The molecule has 4 N–H and O–H groups in total. The second kappa shape index (κ2) is 9.16. The average molecular weight is 433 g/mol. The van der Waals surface area contributed by atoms with Crippen LogP contribution in [-0.2, 0) is 0 Å². The van der Waals surface area contributed by atoms with Crippen LogP contribution in [0.3, 0.4) is 0 Å². The summed E-state index contributed by atoms with van der Waals surface area (Å²) in [7, 11) is 4.46. The van der Waals surface area contributed by atoms with Gasteiger partial charge in [0, 0.05) is 16.1 Å². The predicted octanol–water partition coefficient (Wildman–Crippen LogP) is 3.83. The number of anilines is 2. The van der Waals surface area contributed by atoms with Crippen molar-refractivity contribution in [2.75, 3.05) is 32.8 Å². The number of nitrogens with two attached hydrogens (primary N) is 2. The summed E-state index contributed by atoms with van der Waals surface area (Å²) in [5, 5.41) is 20.1. The van der Waals surface area contributed by atoms with Crippen LogP contribution in [0.15, 0.2) is 46.3 Å². The highest BCUT2D eigenvalue weighted by Gasteiger charge is 2.24. The van der Waals surface area contributed by atoms with Gasteiger partial charge in [0.1, 0.15) is 28.5 Å². The Hall–Kier alpha value is -4.08. The first kappa shape index (κ1) is 21.6. The standard InChI is InChI=1S/C22H19N5O3S/c1-28-16-8-12(9-17(29-2)20(16)30-3)19-13(10-23)21(26)27-22(14(19)11-24)31-18-7-5-4-6-15(18)25/h4-9H,25H2,1-3H3,(H2,26,27). The fourth-order valence-corrected chi connectivity index (χ4v) is 4.00. The van der Waals surface area contributed by atoms with Crippen molar-refractivity contribution in [3.05, 3.63) is 47.5 Å². The molecule has 0 saturated carbocycles. The van der Waals surface area contributed by atoms with Crippen LogP contribution in [0, 0.1) is 22.7 Å². The molecule has 2 aromatic carbocycles. The van der Waals surface area contributed by atoms with Crippen LogP contribution >= 0.6 is 11.8 Å². The van der Waals surface area contributed by atoms with Crippen LogP contribution in [-0.4, -0.2) is 26.3 Å². The number of rotatable bonds is 6. The van der Waals surface area contributed by atoms with E-state index in [1.807, 2.05) is 18.2 Å². The Labute approximate surface area is 184 Å². The maximum atomic E-state index is 10.0. The van der Waals surface area contributed by atoms with E-state index in [9.17, 15) is 10.5 Å². The lowest BCUT2D eigenvalue weighted by atomic mass is 9.96. The molecule has 0 fully saturated rings. The third-order valence-electron chi connectivity index (χ3n) is 4.49. The number of para-hydroxylation sites is 1. The molecular weight excluding hydrogens is 414 g/mol. The monoisotopic (exact) mass is 433 g/mol. The van der Waals surface area contributed by atoms with E-state index in [1.54, 1.807) is 18.2 Å². The summed E-state index contributed by atoms with van der Waals surface area (Å²) in [6.07, 6.45) is 0. The fraction of sp³-hybridized carbons (Fsp3) is 0.136. The van der Waals surface area contributed by atoms with Gasteiger partial charge in [-0.3, -0.25) is 0 Å². The Morgan fingerprint density at radius 1 is 0.903 bits per heavy atom. The molecule has 31 heavy (non-hydrogen) atoms. The van der Waals surface area contributed by atoms with E-state index in [0.717, 1.165) is 0 Å². The van der Waals surface area contributed by atoms with Gasteiger partial charge in [0.05, 0.1) is 26.9 Å². The molecule has 1 heterocycles. The molecule has 8 nitrogen and oxygen atoms in total. The summed E-state index contributed by atoms with van der Waals surface area (Å²) in [4.78, 5) is 5.02. The maximum Gasteiger partial charge on any atom is 0.203 e. The number of nitrogen functional groups attached to an aromatic ring is 2. The first-order valence-electron chi connectivity index (χ1n) is 8.95. The first-order chi connectivity index (χ1) is 15.0. The van der Waals surface area contributed by atoms with Gasteiger partial charge in [0.2, 0.25) is 5.75 Å². The molecule has 156 valence electrons. The number of hydrogen-bond donors (Lipinski definition) is 2. The highest BCUT2D eigenvalue weighted by molar-refractivity contribution is 7.99. The zero-order chi connectivity index (χ0) is 22.5. The van der Waals surface area contributed by atoms with Gasteiger partial charge in [-0.05, 0) is 29.8 Å². The van der Waals surface area contributed by atoms with Crippen LogP contribution < -0.4 is 25.7 Å². The summed E-state index contributed by atoms with van der Waals surface area (Å²) in [5.74, 6) is 1.14. The van der Waals surface area contributed by atoms with Crippen molar-refractivity contribution in [2.45, 2.75) is 9.92 Å². The van der Waals surface area contributed by atoms with E-state index >= 15 is 0 Å². The minimum atomic E-state index is 0.00209. The molecule has 0 radical (unpaired) electrons. The molecule has 3 rings (SSSR count). The summed E-state index contributed by atoms with van der Waals surface area (Å²) < 4.78 is 16.2. The second-order valence-corrected chi connectivity index (χ2v) is 7.24. The summed E-state index contributed by atoms with van der Waals surface area (Å²) in [6.45, 7) is 0. The highest BCUT2D eigenvalue weighted by atomic mass is 32.2. The second-order valence-electron chi connectivity index (χ2n) is 6.20. The number of nitrogens with zero attached hydrogens (tertiary/aromatic N) is 3. The molecule has 0 amide bonds. The quantitative estimate of drug-likeness (QED) is 0.555. The van der Waals surface area contributed by atoms with E-state index in [-0.39, 0.29) is 16.9 Å². The first-order valence-corrected chi connectivity index (χ1v) is 9.77. The molecule has 3 aromatic rings. The van der Waals surface area contributed by atoms with Crippen molar-refractivity contribution in [3.63, 3.8) is 0 Å². The van der Waals surface area contributed by atoms with Gasteiger partial charge in [-0.2, -0.15) is 10.5 Å². The zero-order valence-corrected chi connectivity index (χ0v) is 17.9. The minimum Gasteiger partial charge on any atom is -0.493 e. The molecule has 0 unspecified atom stereocenters. The lowest BCUT2D eigenvalue weighted by Crippen LogP contribution is -2.04. The van der Waals surface area contributed by atoms with Crippen molar-refractivity contribution in [1.82, 2.24) is 4.98 Å². The maximum absolute atomic E-state index is 10.0. The number of methoxy groups -OCH3 is 3. The third kappa shape index (κ3) is 4.00. The lowest BCUT2D eigenvalue weighted by Gasteiger charge is -2.17. The third-order valence-corrected chi connectivity index (χ3v) is 5.58. The molecule has 0 aliphatic carbocycles. The molecule has 9 heteroatoms. The Morgan fingerprint density at radius 3 is 2.03 bits per heavy atom. The number of hydrogen-bond acceptors (Lipinski definition) is 9. The van der Waals surface area contributed by atoms with Crippen molar-refractivity contribution >= 4 is 23.3 Å². The fourth-order valence-electron chi connectivity index (χ4n) is 3.06. The lowest BCUT2D eigenvalue weighted by molar-refractivity contribution is 0.324. The summed E-state index contributed by atoms with van der Waals surface area (Å²) in [5.41, 5.74) is 13.8. The Kier molecular flexibility index (Phi) is 6.39. The summed E-state index contributed by atoms with van der Waals surface area (Å²) in [6, 6.07) is 14.7. The number of benzene rings is 2. The Bertz CT molecular complexity index is 1210. The van der Waals surface area contributed by atoms with E-state index in [4.69, 9.17) is 25.7 Å². The number of ether oxygens (including phenoxy) is 3. The number of nitriles is 2. The topological polar surface area (TPSA) is 140 Å². The average Bonchev–Trinajstić information content (AvgIpc) is 2.79. The van der Waals surface area contributed by atoms with Crippen LogP contribution in [0.1, 0.15) is 11.1 Å². The zero-order valence-electron chi connectivity index (χ0n) is 17.1. The SMILES string of the molecule is COc1cc(-c2c(C#N)c(N)nc(Sc3ccccc3N)c2C#N)cc(OC)c1OC. The van der Waals surface area contributed by atoms with Crippen LogP contribution in [0.2, 0.25) is 0 Å². The van der Waals surface area contributed by atoms with Crippen molar-refractivity contribution in [3.8, 4) is 40.5 Å². The summed E-state index contributed by atoms with van der Waals surface area (Å²) >= 11 is 1.20. The van der Waals surface area contributed by atoms with Gasteiger partial charge in [0.15, 0.2) is 11.5 Å². The molecule has 0 spiro atoms. The molecule has 1 aromatic heterocycles. The molecular formula is C22H19N5O3S. The molecule has 0 aliphatic heterocycles. The number of pyridine rings is 1. The van der Waals surface area contributed by atoms with Gasteiger partial charge < -0.3 is 25.7 Å². The molecule has 0 aliphatic rings. The normalized spacial score (nSPS) is 10.1. The van der Waals surface area contributed by atoms with Gasteiger partial charge in [-0.25, -0.2) is 4.98 Å². The van der Waals surface area contributed by atoms with Crippen molar-refractivity contribution < 1.29 is 14.2 Å². The van der Waals surface area contributed by atoms with Gasteiger partial charge in [0.25, 0.3) is 0 Å². The largest absolute Gasteiger partial charge is 0.493 e. The van der Waals surface area contributed by atoms with Crippen molar-refractivity contribution in [2.24, 2.45) is 0 Å². The Morgan fingerprint density at radius 2 is 1.52 bits per heavy atom. The van der Waals surface area contributed by atoms with Gasteiger partial charge in [-0.1, -0.05) is 23.9 Å². The van der Waals surface area contributed by atoms with Crippen LogP contribution in [0.5, 0.6) is 17.2 Å². The van der Waals surface area contributed by atoms with Crippen LogP contribution in [0.25, 0.3) is 11.1 Å². The van der Waals surface area contributed by atoms with Crippen LogP contribution in [0.4, 0.5) is 11.5 Å². The smallest absolute Gasteiger partial charge is 0.203 e.